The summed E-state index contributed by atoms with van der Waals surface area (Å²) in [6.45, 7) is 4.94. The molecule has 2 rings (SSSR count). The quantitative estimate of drug-likeness (QED) is 0.508. The highest BCUT2D eigenvalue weighted by Gasteiger charge is 2.23. The van der Waals surface area contributed by atoms with Gasteiger partial charge in [0.1, 0.15) is 28.6 Å². The fourth-order valence-corrected chi connectivity index (χ4v) is 2.39. The molecule has 0 spiro atoms. The van der Waals surface area contributed by atoms with Crippen LogP contribution in [0, 0.1) is 20.8 Å². The minimum Gasteiger partial charge on any atom is -0.508 e. The van der Waals surface area contributed by atoms with Crippen molar-refractivity contribution in [3.05, 3.63) is 46.0 Å². The first-order valence-corrected chi connectivity index (χ1v) is 7.18. The number of phenols is 2. The number of carbonyl (C=O) groups is 2. The Kier molecular flexibility index (Phi) is 4.78. The van der Waals surface area contributed by atoms with Crippen LogP contribution in [0.1, 0.15) is 37.4 Å². The van der Waals surface area contributed by atoms with Gasteiger partial charge >= 0.3 is 5.97 Å². The Morgan fingerprint density at radius 1 is 1.08 bits per heavy atom. The number of ether oxygens (including phenoxy) is 2. The van der Waals surface area contributed by atoms with Crippen molar-refractivity contribution in [2.75, 3.05) is 7.11 Å². The zero-order chi connectivity index (χ0) is 18.0. The Morgan fingerprint density at radius 3 is 2.33 bits per heavy atom. The summed E-state index contributed by atoms with van der Waals surface area (Å²) < 4.78 is 10.3. The van der Waals surface area contributed by atoms with E-state index in [1.807, 2.05) is 0 Å². The van der Waals surface area contributed by atoms with Gasteiger partial charge in [0.15, 0.2) is 6.29 Å². The summed E-state index contributed by atoms with van der Waals surface area (Å²) in [7, 11) is 1.36. The topological polar surface area (TPSA) is 93.1 Å². The van der Waals surface area contributed by atoms with Crippen LogP contribution < -0.4 is 9.47 Å². The van der Waals surface area contributed by atoms with Gasteiger partial charge in [0.2, 0.25) is 0 Å². The number of aromatic hydroxyl groups is 2. The molecule has 0 aromatic heterocycles. The summed E-state index contributed by atoms with van der Waals surface area (Å²) >= 11 is 0. The molecule has 0 aliphatic rings. The fraction of sp³-hybridized carbons (Fsp3) is 0.222. The van der Waals surface area contributed by atoms with Gasteiger partial charge in [-0.15, -0.1) is 0 Å². The molecule has 0 atom stereocenters. The van der Waals surface area contributed by atoms with Gasteiger partial charge in [0, 0.05) is 5.56 Å². The van der Waals surface area contributed by atoms with Crippen LogP contribution in [-0.2, 0) is 0 Å². The second-order valence-corrected chi connectivity index (χ2v) is 5.45. The maximum atomic E-state index is 12.5. The number of carbonyl (C=O) groups excluding carboxylic acids is 2. The SMILES string of the molecule is COc1cc(C)c(C(=O)Oc2cc(C)cc(O)c2C)c(O)c1C=O. The van der Waals surface area contributed by atoms with Crippen LogP contribution in [-0.4, -0.2) is 29.6 Å². The molecule has 6 heteroatoms. The summed E-state index contributed by atoms with van der Waals surface area (Å²) in [4.78, 5) is 23.6. The maximum Gasteiger partial charge on any atom is 0.347 e. The summed E-state index contributed by atoms with van der Waals surface area (Å²) in [5.41, 5.74) is 1.26. The Balaban J connectivity index is 2.50. The molecule has 126 valence electrons. The number of aldehydes is 1. The van der Waals surface area contributed by atoms with Gasteiger partial charge in [0.05, 0.1) is 12.7 Å². The number of hydrogen-bond acceptors (Lipinski definition) is 6. The molecule has 0 saturated heterocycles. The predicted molar refractivity (Wildman–Crippen MR) is 87.3 cm³/mol. The summed E-state index contributed by atoms with van der Waals surface area (Å²) in [5.74, 6) is -0.979. The number of hydrogen-bond donors (Lipinski definition) is 2. The van der Waals surface area contributed by atoms with Crippen molar-refractivity contribution in [2.45, 2.75) is 20.8 Å². The van der Waals surface area contributed by atoms with Crippen molar-refractivity contribution in [3.63, 3.8) is 0 Å². The van der Waals surface area contributed by atoms with Gasteiger partial charge in [0.25, 0.3) is 0 Å². The molecule has 0 saturated carbocycles. The Morgan fingerprint density at radius 2 is 1.75 bits per heavy atom. The summed E-state index contributed by atoms with van der Waals surface area (Å²) in [6.07, 6.45) is 0.411. The second-order valence-electron chi connectivity index (χ2n) is 5.45. The third kappa shape index (κ3) is 3.03. The number of benzene rings is 2. The number of phenolic OH excluding ortho intramolecular Hbond substituents is 2. The molecule has 2 aromatic carbocycles. The van der Waals surface area contributed by atoms with Crippen molar-refractivity contribution in [3.8, 4) is 23.0 Å². The average Bonchev–Trinajstić information content (AvgIpc) is 2.51. The van der Waals surface area contributed by atoms with Gasteiger partial charge in [-0.05, 0) is 50.1 Å². The lowest BCUT2D eigenvalue weighted by Crippen LogP contribution is -2.13. The first-order valence-electron chi connectivity index (χ1n) is 7.18. The number of rotatable bonds is 4. The van der Waals surface area contributed by atoms with Crippen molar-refractivity contribution in [1.82, 2.24) is 0 Å². The van der Waals surface area contributed by atoms with Crippen LogP contribution in [0.3, 0.4) is 0 Å². The van der Waals surface area contributed by atoms with Gasteiger partial charge in [-0.3, -0.25) is 4.79 Å². The molecule has 2 aromatic rings. The van der Waals surface area contributed by atoms with E-state index in [9.17, 15) is 19.8 Å². The molecule has 0 aliphatic carbocycles. The first kappa shape index (κ1) is 17.3. The number of methoxy groups -OCH3 is 1. The predicted octanol–water partition coefficient (Wildman–Crippen LogP) is 3.06. The average molecular weight is 330 g/mol. The minimum atomic E-state index is -0.830. The fourth-order valence-electron chi connectivity index (χ4n) is 2.39. The molecule has 2 N–H and O–H groups in total. The van der Waals surface area contributed by atoms with Gasteiger partial charge < -0.3 is 19.7 Å². The zero-order valence-corrected chi connectivity index (χ0v) is 13.8. The molecule has 0 radical (unpaired) electrons. The van der Waals surface area contributed by atoms with E-state index in [0.717, 1.165) is 0 Å². The molecule has 0 heterocycles. The van der Waals surface area contributed by atoms with Gasteiger partial charge in [-0.25, -0.2) is 4.79 Å². The van der Waals surface area contributed by atoms with Crippen LogP contribution in [0.4, 0.5) is 0 Å². The van der Waals surface area contributed by atoms with E-state index in [0.29, 0.717) is 23.0 Å². The lowest BCUT2D eigenvalue weighted by atomic mass is 10.0. The Bertz CT molecular complexity index is 823. The normalized spacial score (nSPS) is 10.3. The highest BCUT2D eigenvalue weighted by Crippen LogP contribution is 2.35. The van der Waals surface area contributed by atoms with Crippen molar-refractivity contribution >= 4 is 12.3 Å². The molecule has 0 bridgehead atoms. The van der Waals surface area contributed by atoms with Crippen molar-refractivity contribution in [1.29, 1.82) is 0 Å². The summed E-state index contributed by atoms with van der Waals surface area (Å²) in [5, 5.41) is 20.1. The van der Waals surface area contributed by atoms with Crippen molar-refractivity contribution in [2.24, 2.45) is 0 Å². The maximum absolute atomic E-state index is 12.5. The minimum absolute atomic E-state index is 0.00190. The van der Waals surface area contributed by atoms with Crippen LogP contribution in [0.15, 0.2) is 18.2 Å². The molecular formula is C18H18O6. The lowest BCUT2D eigenvalue weighted by Gasteiger charge is -2.14. The third-order valence-corrected chi connectivity index (χ3v) is 3.72. The third-order valence-electron chi connectivity index (χ3n) is 3.72. The monoisotopic (exact) mass is 330 g/mol. The van der Waals surface area contributed by atoms with E-state index >= 15 is 0 Å². The van der Waals surface area contributed by atoms with Crippen LogP contribution >= 0.6 is 0 Å². The van der Waals surface area contributed by atoms with Crippen LogP contribution in [0.2, 0.25) is 0 Å². The standard InChI is InChI=1S/C18H18O6/c1-9-5-13(20)11(3)14(6-9)24-18(22)16-10(2)7-15(23-4)12(8-19)17(16)21/h5-8,20-21H,1-4H3. The van der Waals surface area contributed by atoms with E-state index in [4.69, 9.17) is 9.47 Å². The highest BCUT2D eigenvalue weighted by atomic mass is 16.5. The van der Waals surface area contributed by atoms with Crippen molar-refractivity contribution < 1.29 is 29.3 Å². The molecule has 6 nitrogen and oxygen atoms in total. The largest absolute Gasteiger partial charge is 0.508 e. The highest BCUT2D eigenvalue weighted by molar-refractivity contribution is 6.00. The van der Waals surface area contributed by atoms with E-state index in [1.165, 1.54) is 13.2 Å². The Labute approximate surface area is 139 Å². The van der Waals surface area contributed by atoms with E-state index in [-0.39, 0.29) is 28.4 Å². The number of aryl methyl sites for hydroxylation is 2. The molecule has 0 unspecified atom stereocenters. The molecule has 0 aliphatic heterocycles. The molecule has 0 fully saturated rings. The van der Waals surface area contributed by atoms with Crippen LogP contribution in [0.25, 0.3) is 0 Å². The number of esters is 1. The molecule has 0 amide bonds. The van der Waals surface area contributed by atoms with E-state index in [1.54, 1.807) is 32.9 Å². The Hall–Kier alpha value is -3.02. The summed E-state index contributed by atoms with van der Waals surface area (Å²) in [6, 6.07) is 4.62. The lowest BCUT2D eigenvalue weighted by molar-refractivity contribution is 0.0729. The van der Waals surface area contributed by atoms with Gasteiger partial charge in [-0.1, -0.05) is 0 Å². The van der Waals surface area contributed by atoms with Crippen LogP contribution in [0.5, 0.6) is 23.0 Å². The zero-order valence-electron chi connectivity index (χ0n) is 13.8. The smallest absolute Gasteiger partial charge is 0.347 e. The second kappa shape index (κ2) is 6.62. The van der Waals surface area contributed by atoms with E-state index < -0.39 is 11.7 Å². The first-order chi connectivity index (χ1) is 11.3. The van der Waals surface area contributed by atoms with Gasteiger partial charge in [-0.2, -0.15) is 0 Å². The molecular weight excluding hydrogens is 312 g/mol. The van der Waals surface area contributed by atoms with E-state index in [2.05, 4.69) is 0 Å². The molecule has 24 heavy (non-hydrogen) atoms.